The fraction of sp³-hybridized carbons (Fsp3) is 0.643. The summed E-state index contributed by atoms with van der Waals surface area (Å²) in [6.45, 7) is 7.20. The van der Waals surface area contributed by atoms with Gasteiger partial charge in [-0.25, -0.2) is 0 Å². The molecule has 2 aliphatic rings. The summed E-state index contributed by atoms with van der Waals surface area (Å²) in [5.41, 5.74) is 2.77. The summed E-state index contributed by atoms with van der Waals surface area (Å²) in [4.78, 5) is 7.07. The zero-order valence-electron chi connectivity index (χ0n) is 10.6. The molecule has 0 bridgehead atoms. The zero-order chi connectivity index (χ0) is 11.9. The van der Waals surface area contributed by atoms with E-state index in [1.165, 1.54) is 30.6 Å². The molecule has 0 radical (unpaired) electrons. The Kier molecular flexibility index (Phi) is 2.68. The molecule has 2 aliphatic heterocycles. The highest BCUT2D eigenvalue weighted by Gasteiger charge is 2.48. The Hall–Kier alpha value is -0.930. The highest BCUT2D eigenvalue weighted by molar-refractivity contribution is 5.35. The van der Waals surface area contributed by atoms with E-state index in [0.29, 0.717) is 6.10 Å². The largest absolute Gasteiger partial charge is 0.377 e. The van der Waals surface area contributed by atoms with Crippen molar-refractivity contribution in [2.75, 3.05) is 13.2 Å². The normalized spacial score (nSPS) is 27.5. The Labute approximate surface area is 103 Å². The van der Waals surface area contributed by atoms with E-state index in [1.54, 1.807) is 0 Å². The summed E-state index contributed by atoms with van der Waals surface area (Å²) in [5.74, 6) is 0. The van der Waals surface area contributed by atoms with E-state index in [9.17, 15) is 0 Å². The average Bonchev–Trinajstić information content (AvgIpc) is 2.82. The smallest absolute Gasteiger partial charge is 0.0719 e. The lowest BCUT2D eigenvalue weighted by molar-refractivity contribution is -0.00935. The second-order valence-corrected chi connectivity index (χ2v) is 5.41. The molecule has 0 spiro atoms. The van der Waals surface area contributed by atoms with Gasteiger partial charge in [-0.3, -0.25) is 9.88 Å². The molecule has 0 aromatic carbocycles. The van der Waals surface area contributed by atoms with Crippen molar-refractivity contribution < 1.29 is 4.74 Å². The minimum atomic E-state index is 0.119. The van der Waals surface area contributed by atoms with Crippen molar-refractivity contribution >= 4 is 0 Å². The molecule has 3 rings (SSSR count). The summed E-state index contributed by atoms with van der Waals surface area (Å²) in [5, 5.41) is 0. The van der Waals surface area contributed by atoms with Crippen molar-refractivity contribution in [1.82, 2.24) is 9.88 Å². The number of aromatic nitrogens is 1. The van der Waals surface area contributed by atoms with Crippen molar-refractivity contribution in [1.29, 1.82) is 0 Å². The van der Waals surface area contributed by atoms with Gasteiger partial charge in [0.05, 0.1) is 23.9 Å². The molecule has 0 aliphatic carbocycles. The summed E-state index contributed by atoms with van der Waals surface area (Å²) >= 11 is 0. The molecular formula is C14H20N2O. The van der Waals surface area contributed by atoms with E-state index in [-0.39, 0.29) is 5.54 Å². The summed E-state index contributed by atoms with van der Waals surface area (Å²) in [7, 11) is 0. The standard InChI is InChI=1S/C14H20N2O/c1-11(2)17-10-14-6-4-8-16(14)9-13-12(14)5-3-7-15-13/h3,5,7,11H,4,6,8-10H2,1-2H3. The molecule has 92 valence electrons. The molecule has 3 nitrogen and oxygen atoms in total. The Bertz CT molecular complexity index is 418. The highest BCUT2D eigenvalue weighted by atomic mass is 16.5. The Morgan fingerprint density at radius 2 is 2.41 bits per heavy atom. The SMILES string of the molecule is CC(C)OCC12CCCN1Cc1ncccc12. The summed E-state index contributed by atoms with van der Waals surface area (Å²) in [6.07, 6.45) is 4.68. The number of hydrogen-bond acceptors (Lipinski definition) is 3. The molecular weight excluding hydrogens is 212 g/mol. The molecule has 1 fully saturated rings. The molecule has 1 aromatic rings. The van der Waals surface area contributed by atoms with Crippen LogP contribution < -0.4 is 0 Å². The molecule has 3 heteroatoms. The maximum absolute atomic E-state index is 5.92. The van der Waals surface area contributed by atoms with Gasteiger partial charge in [0.25, 0.3) is 0 Å². The van der Waals surface area contributed by atoms with Gasteiger partial charge in [-0.15, -0.1) is 0 Å². The van der Waals surface area contributed by atoms with Crippen LogP contribution in [-0.4, -0.2) is 29.1 Å². The molecule has 1 unspecified atom stereocenters. The Morgan fingerprint density at radius 3 is 3.24 bits per heavy atom. The van der Waals surface area contributed by atoms with E-state index in [4.69, 9.17) is 4.74 Å². The topological polar surface area (TPSA) is 25.4 Å². The van der Waals surface area contributed by atoms with E-state index < -0.39 is 0 Å². The van der Waals surface area contributed by atoms with Crippen LogP contribution in [0.15, 0.2) is 18.3 Å². The lowest BCUT2D eigenvalue weighted by Gasteiger charge is -2.33. The van der Waals surface area contributed by atoms with Gasteiger partial charge in [-0.05, 0) is 44.9 Å². The van der Waals surface area contributed by atoms with Gasteiger partial charge in [-0.1, -0.05) is 6.07 Å². The van der Waals surface area contributed by atoms with Crippen molar-refractivity contribution in [2.45, 2.75) is 44.9 Å². The first-order valence-electron chi connectivity index (χ1n) is 6.53. The van der Waals surface area contributed by atoms with E-state index in [2.05, 4.69) is 35.9 Å². The van der Waals surface area contributed by atoms with Crippen molar-refractivity contribution in [2.24, 2.45) is 0 Å². The van der Waals surface area contributed by atoms with Gasteiger partial charge in [0.15, 0.2) is 0 Å². The van der Waals surface area contributed by atoms with Gasteiger partial charge in [0.1, 0.15) is 0 Å². The number of pyridine rings is 1. The van der Waals surface area contributed by atoms with Crippen LogP contribution in [0.1, 0.15) is 37.9 Å². The van der Waals surface area contributed by atoms with Crippen LogP contribution in [-0.2, 0) is 16.8 Å². The summed E-state index contributed by atoms with van der Waals surface area (Å²) < 4.78 is 5.92. The second-order valence-electron chi connectivity index (χ2n) is 5.41. The van der Waals surface area contributed by atoms with Crippen LogP contribution in [0.25, 0.3) is 0 Å². The van der Waals surface area contributed by atoms with E-state index in [1.807, 2.05) is 6.20 Å². The average molecular weight is 232 g/mol. The lowest BCUT2D eigenvalue weighted by atomic mass is 9.90. The first kappa shape index (κ1) is 11.2. The van der Waals surface area contributed by atoms with Crippen LogP contribution in [0.2, 0.25) is 0 Å². The molecule has 1 aromatic heterocycles. The highest BCUT2D eigenvalue weighted by Crippen LogP contribution is 2.46. The van der Waals surface area contributed by atoms with Gasteiger partial charge in [0.2, 0.25) is 0 Å². The molecule has 0 saturated carbocycles. The van der Waals surface area contributed by atoms with Gasteiger partial charge in [0, 0.05) is 12.7 Å². The molecule has 3 heterocycles. The molecule has 0 amide bonds. The minimum Gasteiger partial charge on any atom is -0.377 e. The third kappa shape index (κ3) is 1.69. The van der Waals surface area contributed by atoms with Crippen LogP contribution in [0.5, 0.6) is 0 Å². The van der Waals surface area contributed by atoms with Gasteiger partial charge < -0.3 is 4.74 Å². The maximum Gasteiger partial charge on any atom is 0.0719 e. The monoisotopic (exact) mass is 232 g/mol. The first-order valence-corrected chi connectivity index (χ1v) is 6.53. The predicted octanol–water partition coefficient (Wildman–Crippen LogP) is 2.31. The Morgan fingerprint density at radius 1 is 1.53 bits per heavy atom. The van der Waals surface area contributed by atoms with Gasteiger partial charge >= 0.3 is 0 Å². The fourth-order valence-electron chi connectivity index (χ4n) is 3.18. The number of nitrogens with zero attached hydrogens (tertiary/aromatic N) is 2. The first-order chi connectivity index (χ1) is 8.22. The number of hydrogen-bond donors (Lipinski definition) is 0. The number of ether oxygens (including phenoxy) is 1. The van der Waals surface area contributed by atoms with Crippen LogP contribution in [0, 0.1) is 0 Å². The van der Waals surface area contributed by atoms with Crippen molar-refractivity contribution in [3.05, 3.63) is 29.6 Å². The second kappa shape index (κ2) is 4.07. The van der Waals surface area contributed by atoms with Crippen LogP contribution in [0.3, 0.4) is 0 Å². The van der Waals surface area contributed by atoms with Crippen molar-refractivity contribution in [3.63, 3.8) is 0 Å². The maximum atomic E-state index is 5.92. The van der Waals surface area contributed by atoms with E-state index >= 15 is 0 Å². The predicted molar refractivity (Wildman–Crippen MR) is 66.6 cm³/mol. The van der Waals surface area contributed by atoms with E-state index in [0.717, 1.165) is 13.2 Å². The van der Waals surface area contributed by atoms with Crippen LogP contribution in [0.4, 0.5) is 0 Å². The molecule has 1 atom stereocenters. The minimum absolute atomic E-state index is 0.119. The zero-order valence-corrected chi connectivity index (χ0v) is 10.6. The molecule has 1 saturated heterocycles. The summed E-state index contributed by atoms with van der Waals surface area (Å²) in [6, 6.07) is 4.29. The lowest BCUT2D eigenvalue weighted by Crippen LogP contribution is -2.40. The molecule has 17 heavy (non-hydrogen) atoms. The molecule has 0 N–H and O–H groups in total. The van der Waals surface area contributed by atoms with Crippen molar-refractivity contribution in [3.8, 4) is 0 Å². The Balaban J connectivity index is 1.94. The van der Waals surface area contributed by atoms with Gasteiger partial charge in [-0.2, -0.15) is 0 Å². The third-order valence-corrected chi connectivity index (χ3v) is 4.01. The third-order valence-electron chi connectivity index (χ3n) is 4.01. The number of rotatable bonds is 3. The van der Waals surface area contributed by atoms with Crippen LogP contribution >= 0.6 is 0 Å². The quantitative estimate of drug-likeness (QED) is 0.799. The number of fused-ring (bicyclic) bond motifs is 3. The fourth-order valence-corrected chi connectivity index (χ4v) is 3.18.